The van der Waals surface area contributed by atoms with E-state index in [-0.39, 0.29) is 5.69 Å². The van der Waals surface area contributed by atoms with Crippen LogP contribution in [0.15, 0.2) is 28.2 Å². The first-order valence-corrected chi connectivity index (χ1v) is 9.20. The summed E-state index contributed by atoms with van der Waals surface area (Å²) in [6.45, 7) is 0.884. The molecule has 1 aliphatic heterocycles. The summed E-state index contributed by atoms with van der Waals surface area (Å²) < 4.78 is 32.9. The number of nitrogens with zero attached hydrogens (tertiary/aromatic N) is 2. The fraction of sp³-hybridized carbons (Fsp3) is 0.385. The average molecular weight is 341 g/mol. The number of hydrogen-bond donors (Lipinski definition) is 1. The number of rotatable bonds is 4. The number of nitrogens with one attached hydrogen (secondary N) is 1. The van der Waals surface area contributed by atoms with Crippen molar-refractivity contribution in [3.05, 3.63) is 29.5 Å². The molecular weight excluding hydrogens is 326 g/mol. The Morgan fingerprint density at radius 3 is 2.77 bits per heavy atom. The first-order chi connectivity index (χ1) is 10.6. The number of furan rings is 1. The van der Waals surface area contributed by atoms with Gasteiger partial charge in [0.05, 0.1) is 6.26 Å². The van der Waals surface area contributed by atoms with E-state index < -0.39 is 16.1 Å². The smallest absolute Gasteiger partial charge is 0.304 e. The molecule has 2 aromatic heterocycles. The van der Waals surface area contributed by atoms with Crippen molar-refractivity contribution in [3.63, 3.8) is 0 Å². The van der Waals surface area contributed by atoms with Gasteiger partial charge in [0.25, 0.3) is 5.91 Å². The summed E-state index contributed by atoms with van der Waals surface area (Å²) in [5, 5.41) is 2.05. The number of thiazole rings is 1. The second-order valence-corrected chi connectivity index (χ2v) is 7.44. The van der Waals surface area contributed by atoms with Crippen molar-refractivity contribution < 1.29 is 17.6 Å². The Hall–Kier alpha value is -1.71. The largest absolute Gasteiger partial charge is 0.462 e. The topological polar surface area (TPSA) is 92.5 Å². The summed E-state index contributed by atoms with van der Waals surface area (Å²) in [7, 11) is -3.80. The molecule has 0 radical (unpaired) electrons. The predicted molar refractivity (Wildman–Crippen MR) is 81.6 cm³/mol. The Morgan fingerprint density at radius 1 is 1.32 bits per heavy atom. The molecule has 0 atom stereocenters. The molecule has 3 rings (SSSR count). The molecule has 0 aromatic carbocycles. The Kier molecular flexibility index (Phi) is 4.27. The van der Waals surface area contributed by atoms with Crippen molar-refractivity contribution in [1.82, 2.24) is 14.0 Å². The highest BCUT2D eigenvalue weighted by molar-refractivity contribution is 7.87. The molecule has 1 aliphatic rings. The van der Waals surface area contributed by atoms with Gasteiger partial charge in [0, 0.05) is 18.5 Å². The predicted octanol–water partition coefficient (Wildman–Crippen LogP) is 1.86. The second-order valence-electron chi connectivity index (χ2n) is 4.91. The molecule has 7 nitrogen and oxygen atoms in total. The minimum atomic E-state index is -3.80. The Bertz CT molecular complexity index is 746. The van der Waals surface area contributed by atoms with Gasteiger partial charge in [0.15, 0.2) is 10.8 Å². The second kappa shape index (κ2) is 6.19. The molecule has 3 heterocycles. The van der Waals surface area contributed by atoms with E-state index in [0.717, 1.165) is 19.3 Å². The minimum absolute atomic E-state index is 0.0667. The minimum Gasteiger partial charge on any atom is -0.462 e. The molecule has 0 unspecified atom stereocenters. The van der Waals surface area contributed by atoms with Gasteiger partial charge in [-0.3, -0.25) is 4.79 Å². The van der Waals surface area contributed by atoms with Gasteiger partial charge >= 0.3 is 10.2 Å². The number of carbonyl (C=O) groups is 1. The maximum absolute atomic E-state index is 12.2. The van der Waals surface area contributed by atoms with Gasteiger partial charge in [-0.25, -0.2) is 9.71 Å². The van der Waals surface area contributed by atoms with Gasteiger partial charge < -0.3 is 4.42 Å². The van der Waals surface area contributed by atoms with E-state index in [1.54, 1.807) is 12.1 Å². The molecule has 0 saturated carbocycles. The molecule has 1 fully saturated rings. The van der Waals surface area contributed by atoms with E-state index in [9.17, 15) is 13.2 Å². The van der Waals surface area contributed by atoms with Crippen LogP contribution in [0.2, 0.25) is 0 Å². The summed E-state index contributed by atoms with van der Waals surface area (Å²) in [5.74, 6) is -0.178. The Labute approximate surface area is 132 Å². The number of carbonyl (C=O) groups excluding carboxylic acids is 1. The van der Waals surface area contributed by atoms with Crippen LogP contribution in [0.1, 0.15) is 29.8 Å². The number of hydrogen-bond acceptors (Lipinski definition) is 6. The lowest BCUT2D eigenvalue weighted by Gasteiger charge is -2.25. The van der Waals surface area contributed by atoms with Crippen molar-refractivity contribution in [3.8, 4) is 10.8 Å². The first-order valence-electron chi connectivity index (χ1n) is 6.88. The molecule has 2 aromatic rings. The third-order valence-electron chi connectivity index (χ3n) is 3.35. The number of amides is 1. The third kappa shape index (κ3) is 3.21. The van der Waals surface area contributed by atoms with Gasteiger partial charge in [0.1, 0.15) is 5.69 Å². The van der Waals surface area contributed by atoms with Gasteiger partial charge in [-0.1, -0.05) is 6.42 Å². The highest BCUT2D eigenvalue weighted by Gasteiger charge is 2.27. The average Bonchev–Trinajstić information content (AvgIpc) is 3.19. The molecule has 1 N–H and O–H groups in total. The quantitative estimate of drug-likeness (QED) is 0.916. The highest BCUT2D eigenvalue weighted by atomic mass is 32.2. The lowest BCUT2D eigenvalue weighted by Crippen LogP contribution is -2.45. The standard InChI is InChI=1S/C13H15N3O4S2/c17-12(15-22(18,19)16-6-2-1-3-7-16)10-9-21-13(14-10)11-5-4-8-20-11/h4-5,8-9H,1-3,6-7H2,(H,15,17). The molecule has 9 heteroatoms. The van der Waals surface area contributed by atoms with Crippen LogP contribution in [-0.4, -0.2) is 36.7 Å². The zero-order valence-electron chi connectivity index (χ0n) is 11.7. The SMILES string of the molecule is O=C(NS(=O)(=O)N1CCCCC1)c1csc(-c2ccco2)n1. The molecule has 0 spiro atoms. The van der Waals surface area contributed by atoms with E-state index in [4.69, 9.17) is 4.42 Å². The van der Waals surface area contributed by atoms with E-state index in [1.165, 1.54) is 27.3 Å². The third-order valence-corrected chi connectivity index (χ3v) is 5.69. The van der Waals surface area contributed by atoms with Crippen LogP contribution in [0, 0.1) is 0 Å². The highest BCUT2D eigenvalue weighted by Crippen LogP contribution is 2.24. The lowest BCUT2D eigenvalue weighted by atomic mass is 10.2. The molecule has 0 aliphatic carbocycles. The zero-order chi connectivity index (χ0) is 15.6. The van der Waals surface area contributed by atoms with Crippen molar-refractivity contribution in [2.45, 2.75) is 19.3 Å². The summed E-state index contributed by atoms with van der Waals surface area (Å²) >= 11 is 1.22. The fourth-order valence-electron chi connectivity index (χ4n) is 2.23. The van der Waals surface area contributed by atoms with Gasteiger partial charge in [0.2, 0.25) is 0 Å². The normalized spacial score (nSPS) is 16.5. The molecule has 118 valence electrons. The summed E-state index contributed by atoms with van der Waals surface area (Å²) in [6.07, 6.45) is 4.15. The van der Waals surface area contributed by atoms with Crippen LogP contribution in [-0.2, 0) is 10.2 Å². The summed E-state index contributed by atoms with van der Waals surface area (Å²) in [6, 6.07) is 3.45. The molecule has 1 saturated heterocycles. The van der Waals surface area contributed by atoms with E-state index in [2.05, 4.69) is 9.71 Å². The van der Waals surface area contributed by atoms with Crippen molar-refractivity contribution in [2.75, 3.05) is 13.1 Å². The van der Waals surface area contributed by atoms with Gasteiger partial charge in [-0.2, -0.15) is 12.7 Å². The van der Waals surface area contributed by atoms with Crippen LogP contribution < -0.4 is 4.72 Å². The van der Waals surface area contributed by atoms with E-state index >= 15 is 0 Å². The van der Waals surface area contributed by atoms with Crippen LogP contribution >= 0.6 is 11.3 Å². The zero-order valence-corrected chi connectivity index (χ0v) is 13.3. The van der Waals surface area contributed by atoms with E-state index in [0.29, 0.717) is 23.9 Å². The molecule has 1 amide bonds. The number of piperidine rings is 1. The van der Waals surface area contributed by atoms with Gasteiger partial charge in [-0.15, -0.1) is 11.3 Å². The first kappa shape index (κ1) is 15.2. The van der Waals surface area contributed by atoms with Crippen molar-refractivity contribution in [2.24, 2.45) is 0 Å². The van der Waals surface area contributed by atoms with Crippen LogP contribution in [0.3, 0.4) is 0 Å². The Morgan fingerprint density at radius 2 is 2.09 bits per heavy atom. The van der Waals surface area contributed by atoms with Crippen molar-refractivity contribution in [1.29, 1.82) is 0 Å². The van der Waals surface area contributed by atoms with Crippen LogP contribution in [0.25, 0.3) is 10.8 Å². The van der Waals surface area contributed by atoms with Crippen LogP contribution in [0.4, 0.5) is 0 Å². The van der Waals surface area contributed by atoms with Crippen molar-refractivity contribution >= 4 is 27.5 Å². The Balaban J connectivity index is 1.71. The molecular formula is C13H15N3O4S2. The number of aromatic nitrogens is 1. The maximum atomic E-state index is 12.2. The van der Waals surface area contributed by atoms with E-state index in [1.807, 2.05) is 0 Å². The molecule has 0 bridgehead atoms. The lowest BCUT2D eigenvalue weighted by molar-refractivity contribution is 0.0974. The molecule has 22 heavy (non-hydrogen) atoms. The summed E-state index contributed by atoms with van der Waals surface area (Å²) in [4.78, 5) is 16.2. The summed E-state index contributed by atoms with van der Waals surface area (Å²) in [5.41, 5.74) is 0.0667. The fourth-order valence-corrected chi connectivity index (χ4v) is 4.20. The van der Waals surface area contributed by atoms with Gasteiger partial charge in [-0.05, 0) is 25.0 Å². The maximum Gasteiger partial charge on any atom is 0.304 e. The monoisotopic (exact) mass is 341 g/mol. The van der Waals surface area contributed by atoms with Crippen LogP contribution in [0.5, 0.6) is 0 Å².